The van der Waals surface area contributed by atoms with Gasteiger partial charge in [-0.2, -0.15) is 0 Å². The highest BCUT2D eigenvalue weighted by molar-refractivity contribution is 5.62. The first-order valence-corrected chi connectivity index (χ1v) is 7.34. The minimum absolute atomic E-state index is 0.208. The van der Waals surface area contributed by atoms with Gasteiger partial charge in [0.25, 0.3) is 0 Å². The maximum Gasteiger partial charge on any atom is 0.134 e. The lowest BCUT2D eigenvalue weighted by atomic mass is 10.1. The molecule has 0 unspecified atom stereocenters. The van der Waals surface area contributed by atoms with Crippen LogP contribution < -0.4 is 5.32 Å². The van der Waals surface area contributed by atoms with Crippen LogP contribution >= 0.6 is 0 Å². The molecule has 0 aliphatic carbocycles. The first-order chi connectivity index (χ1) is 10.1. The third-order valence-corrected chi connectivity index (χ3v) is 4.11. The summed E-state index contributed by atoms with van der Waals surface area (Å²) in [7, 11) is 0. The SMILES string of the molecule is Cc1c(F)cccc1-c1ccc(CN[C@H]2CCO[C@H]2C)o1. The van der Waals surface area contributed by atoms with Crippen LogP contribution in [0.3, 0.4) is 0 Å². The summed E-state index contributed by atoms with van der Waals surface area (Å²) < 4.78 is 25.0. The van der Waals surface area contributed by atoms with Crippen LogP contribution in [-0.2, 0) is 11.3 Å². The van der Waals surface area contributed by atoms with Gasteiger partial charge >= 0.3 is 0 Å². The molecule has 2 heterocycles. The Morgan fingerprint density at radius 1 is 1.29 bits per heavy atom. The Hall–Kier alpha value is -1.65. The summed E-state index contributed by atoms with van der Waals surface area (Å²) >= 11 is 0. The topological polar surface area (TPSA) is 34.4 Å². The van der Waals surface area contributed by atoms with E-state index < -0.39 is 0 Å². The molecule has 4 heteroatoms. The van der Waals surface area contributed by atoms with Gasteiger partial charge in [-0.1, -0.05) is 12.1 Å². The predicted octanol–water partition coefficient (Wildman–Crippen LogP) is 3.66. The fourth-order valence-corrected chi connectivity index (χ4v) is 2.72. The average molecular weight is 289 g/mol. The summed E-state index contributed by atoms with van der Waals surface area (Å²) in [6.07, 6.45) is 1.27. The molecule has 0 saturated carbocycles. The van der Waals surface area contributed by atoms with E-state index in [0.717, 1.165) is 24.4 Å². The zero-order valence-corrected chi connectivity index (χ0v) is 12.4. The van der Waals surface area contributed by atoms with E-state index in [2.05, 4.69) is 12.2 Å². The van der Waals surface area contributed by atoms with Crippen LogP contribution in [0.4, 0.5) is 4.39 Å². The highest BCUT2D eigenvalue weighted by atomic mass is 19.1. The van der Waals surface area contributed by atoms with Crippen molar-refractivity contribution in [1.29, 1.82) is 0 Å². The summed E-state index contributed by atoms with van der Waals surface area (Å²) in [5.41, 5.74) is 1.42. The largest absolute Gasteiger partial charge is 0.460 e. The quantitative estimate of drug-likeness (QED) is 0.932. The fraction of sp³-hybridized carbons (Fsp3) is 0.412. The van der Waals surface area contributed by atoms with Gasteiger partial charge in [-0.05, 0) is 44.0 Å². The first-order valence-electron chi connectivity index (χ1n) is 7.34. The van der Waals surface area contributed by atoms with Gasteiger partial charge in [0.1, 0.15) is 17.3 Å². The number of furan rings is 1. The lowest BCUT2D eigenvalue weighted by molar-refractivity contribution is 0.112. The average Bonchev–Trinajstić information content (AvgIpc) is 3.09. The third-order valence-electron chi connectivity index (χ3n) is 4.11. The number of nitrogens with one attached hydrogen (secondary N) is 1. The standard InChI is InChI=1S/C17H20FNO2/c1-11-14(4-3-5-15(11)18)17-7-6-13(21-17)10-19-16-8-9-20-12(16)2/h3-7,12,16,19H,8-10H2,1-2H3/t12-,16-/m0/s1. The second kappa shape index (κ2) is 6.00. The van der Waals surface area contributed by atoms with Crippen LogP contribution in [0.25, 0.3) is 11.3 Å². The summed E-state index contributed by atoms with van der Waals surface area (Å²) in [4.78, 5) is 0. The first kappa shape index (κ1) is 14.3. The van der Waals surface area contributed by atoms with E-state index in [1.54, 1.807) is 13.0 Å². The molecule has 2 aromatic rings. The molecule has 2 atom stereocenters. The van der Waals surface area contributed by atoms with E-state index in [1.807, 2.05) is 18.2 Å². The second-order valence-corrected chi connectivity index (χ2v) is 5.53. The lowest BCUT2D eigenvalue weighted by Gasteiger charge is -2.14. The number of hydrogen-bond acceptors (Lipinski definition) is 3. The molecule has 21 heavy (non-hydrogen) atoms. The van der Waals surface area contributed by atoms with Crippen molar-refractivity contribution in [1.82, 2.24) is 5.32 Å². The van der Waals surface area contributed by atoms with Crippen LogP contribution in [0.1, 0.15) is 24.7 Å². The number of ether oxygens (including phenoxy) is 1. The van der Waals surface area contributed by atoms with Gasteiger partial charge in [-0.25, -0.2) is 4.39 Å². The molecule has 0 amide bonds. The molecular formula is C17H20FNO2. The lowest BCUT2D eigenvalue weighted by Crippen LogP contribution is -2.33. The third kappa shape index (κ3) is 3.01. The number of benzene rings is 1. The molecule has 0 bridgehead atoms. The van der Waals surface area contributed by atoms with Gasteiger partial charge in [0.2, 0.25) is 0 Å². The van der Waals surface area contributed by atoms with Crippen molar-refractivity contribution in [2.24, 2.45) is 0 Å². The predicted molar refractivity (Wildman–Crippen MR) is 79.5 cm³/mol. The van der Waals surface area contributed by atoms with Crippen molar-refractivity contribution >= 4 is 0 Å². The normalized spacial score (nSPS) is 21.9. The Kier molecular flexibility index (Phi) is 4.08. The highest BCUT2D eigenvalue weighted by Gasteiger charge is 2.23. The smallest absolute Gasteiger partial charge is 0.134 e. The summed E-state index contributed by atoms with van der Waals surface area (Å²) in [5, 5.41) is 3.45. The maximum absolute atomic E-state index is 13.6. The van der Waals surface area contributed by atoms with Gasteiger partial charge in [0, 0.05) is 18.2 Å². The number of rotatable bonds is 4. The van der Waals surface area contributed by atoms with E-state index in [1.165, 1.54) is 6.07 Å². The zero-order valence-electron chi connectivity index (χ0n) is 12.4. The second-order valence-electron chi connectivity index (χ2n) is 5.53. The number of halogens is 1. The van der Waals surface area contributed by atoms with E-state index in [9.17, 15) is 4.39 Å². The molecule has 1 fully saturated rings. The van der Waals surface area contributed by atoms with Gasteiger partial charge in [-0.15, -0.1) is 0 Å². The molecule has 0 radical (unpaired) electrons. The summed E-state index contributed by atoms with van der Waals surface area (Å²) in [5.74, 6) is 1.35. The Morgan fingerprint density at radius 2 is 2.14 bits per heavy atom. The van der Waals surface area contributed by atoms with Gasteiger partial charge in [0.15, 0.2) is 0 Å². The van der Waals surface area contributed by atoms with Crippen LogP contribution in [0.5, 0.6) is 0 Å². The molecule has 1 N–H and O–H groups in total. The Labute approximate surface area is 124 Å². The maximum atomic E-state index is 13.6. The molecule has 1 saturated heterocycles. The highest BCUT2D eigenvalue weighted by Crippen LogP contribution is 2.27. The molecule has 3 rings (SSSR count). The molecule has 1 aromatic carbocycles. The Morgan fingerprint density at radius 3 is 2.90 bits per heavy atom. The van der Waals surface area contributed by atoms with E-state index in [0.29, 0.717) is 23.9 Å². The van der Waals surface area contributed by atoms with Crippen LogP contribution in [0, 0.1) is 12.7 Å². The van der Waals surface area contributed by atoms with E-state index in [4.69, 9.17) is 9.15 Å². The zero-order chi connectivity index (χ0) is 14.8. The van der Waals surface area contributed by atoms with Crippen molar-refractivity contribution in [2.45, 2.75) is 39.0 Å². The van der Waals surface area contributed by atoms with Gasteiger partial charge in [-0.3, -0.25) is 0 Å². The van der Waals surface area contributed by atoms with Gasteiger partial charge in [0.05, 0.1) is 12.6 Å². The molecule has 1 aliphatic rings. The van der Waals surface area contributed by atoms with Crippen LogP contribution in [0.2, 0.25) is 0 Å². The molecule has 1 aliphatic heterocycles. The number of hydrogen-bond donors (Lipinski definition) is 1. The molecule has 0 spiro atoms. The minimum Gasteiger partial charge on any atom is -0.460 e. The summed E-state index contributed by atoms with van der Waals surface area (Å²) in [6, 6.07) is 9.25. The van der Waals surface area contributed by atoms with Crippen molar-refractivity contribution < 1.29 is 13.5 Å². The van der Waals surface area contributed by atoms with Crippen LogP contribution in [0.15, 0.2) is 34.7 Å². The fourth-order valence-electron chi connectivity index (χ4n) is 2.72. The molecule has 112 valence electrons. The monoisotopic (exact) mass is 289 g/mol. The van der Waals surface area contributed by atoms with Crippen molar-refractivity contribution in [3.05, 3.63) is 47.5 Å². The van der Waals surface area contributed by atoms with Crippen molar-refractivity contribution in [3.8, 4) is 11.3 Å². The minimum atomic E-state index is -0.208. The summed E-state index contributed by atoms with van der Waals surface area (Å²) in [6.45, 7) is 5.31. The van der Waals surface area contributed by atoms with Crippen molar-refractivity contribution in [3.63, 3.8) is 0 Å². The molecule has 1 aromatic heterocycles. The van der Waals surface area contributed by atoms with Crippen LogP contribution in [-0.4, -0.2) is 18.8 Å². The van der Waals surface area contributed by atoms with E-state index in [-0.39, 0.29) is 11.9 Å². The Balaban J connectivity index is 1.70. The van der Waals surface area contributed by atoms with Gasteiger partial charge < -0.3 is 14.5 Å². The Bertz CT molecular complexity index is 623. The molecule has 3 nitrogen and oxygen atoms in total. The van der Waals surface area contributed by atoms with E-state index >= 15 is 0 Å². The van der Waals surface area contributed by atoms with Crippen molar-refractivity contribution in [2.75, 3.05) is 6.61 Å². The molecular weight excluding hydrogens is 269 g/mol.